The fourth-order valence-corrected chi connectivity index (χ4v) is 2.28. The third kappa shape index (κ3) is 5.94. The van der Waals surface area contributed by atoms with E-state index in [2.05, 4.69) is 10.6 Å². The normalized spacial score (nSPS) is 9.92. The summed E-state index contributed by atoms with van der Waals surface area (Å²) < 4.78 is 10.2. The molecule has 2 N–H and O–H groups in total. The topological polar surface area (TPSA) is 93.7 Å². The molecule has 2 aromatic rings. The van der Waals surface area contributed by atoms with Gasteiger partial charge in [-0.05, 0) is 24.3 Å². The molecule has 0 aliphatic rings. The quantitative estimate of drug-likeness (QED) is 0.743. The summed E-state index contributed by atoms with van der Waals surface area (Å²) in [7, 11) is 1.52. The Bertz CT molecular complexity index is 804. The summed E-state index contributed by atoms with van der Waals surface area (Å²) in [5.41, 5.74) is 1.73. The van der Waals surface area contributed by atoms with Crippen molar-refractivity contribution in [2.24, 2.45) is 0 Å². The Labute approximate surface area is 151 Å². The van der Waals surface area contributed by atoms with Gasteiger partial charge < -0.3 is 20.1 Å². The molecule has 0 unspecified atom stereocenters. The fraction of sp³-hybridized carbons (Fsp3) is 0.211. The van der Waals surface area contributed by atoms with Crippen LogP contribution in [-0.4, -0.2) is 31.5 Å². The van der Waals surface area contributed by atoms with Crippen LogP contribution in [0.1, 0.15) is 12.5 Å². The average Bonchev–Trinajstić information content (AvgIpc) is 2.60. The summed E-state index contributed by atoms with van der Waals surface area (Å²) in [6, 6.07) is 13.8. The van der Waals surface area contributed by atoms with Gasteiger partial charge >= 0.3 is 5.97 Å². The lowest BCUT2D eigenvalue weighted by molar-refractivity contribution is -0.146. The molecule has 0 bridgehead atoms. The molecular weight excluding hydrogens is 336 g/mol. The smallest absolute Gasteiger partial charge is 0.310 e. The summed E-state index contributed by atoms with van der Waals surface area (Å²) in [5, 5.41) is 5.22. The van der Waals surface area contributed by atoms with E-state index in [-0.39, 0.29) is 12.3 Å². The molecule has 2 rings (SSSR count). The molecule has 7 nitrogen and oxygen atoms in total. The maximum atomic E-state index is 11.9. The Morgan fingerprint density at radius 3 is 2.35 bits per heavy atom. The highest BCUT2D eigenvalue weighted by Crippen LogP contribution is 2.18. The predicted molar refractivity (Wildman–Crippen MR) is 97.0 cm³/mol. The number of rotatable bonds is 7. The van der Waals surface area contributed by atoms with E-state index < -0.39 is 18.5 Å². The van der Waals surface area contributed by atoms with Gasteiger partial charge in [-0.2, -0.15) is 0 Å². The minimum atomic E-state index is -0.531. The van der Waals surface area contributed by atoms with Crippen molar-refractivity contribution in [3.05, 3.63) is 54.1 Å². The predicted octanol–water partition coefficient (Wildman–Crippen LogP) is 2.38. The van der Waals surface area contributed by atoms with Crippen LogP contribution >= 0.6 is 0 Å². The van der Waals surface area contributed by atoms with E-state index in [0.29, 0.717) is 22.7 Å². The zero-order valence-electron chi connectivity index (χ0n) is 14.6. The lowest BCUT2D eigenvalue weighted by Crippen LogP contribution is -2.21. The van der Waals surface area contributed by atoms with Crippen molar-refractivity contribution >= 4 is 29.2 Å². The fourth-order valence-electron chi connectivity index (χ4n) is 2.28. The Hall–Kier alpha value is -3.35. The van der Waals surface area contributed by atoms with Crippen molar-refractivity contribution < 1.29 is 23.9 Å². The molecule has 0 atom stereocenters. The van der Waals surface area contributed by atoms with Crippen LogP contribution in [0.15, 0.2) is 48.5 Å². The first-order valence-corrected chi connectivity index (χ1v) is 7.93. The molecular formula is C19H20N2O5. The third-order valence-electron chi connectivity index (χ3n) is 3.36. The minimum absolute atomic E-state index is 0.00924. The van der Waals surface area contributed by atoms with E-state index in [9.17, 15) is 14.4 Å². The number of para-hydroxylation sites is 1. The first kappa shape index (κ1) is 19.0. The van der Waals surface area contributed by atoms with Gasteiger partial charge in [-0.15, -0.1) is 0 Å². The largest absolute Gasteiger partial charge is 0.496 e. The van der Waals surface area contributed by atoms with Crippen LogP contribution in [0.5, 0.6) is 5.75 Å². The van der Waals surface area contributed by atoms with Crippen LogP contribution in [0, 0.1) is 0 Å². The van der Waals surface area contributed by atoms with Gasteiger partial charge in [-0.3, -0.25) is 14.4 Å². The van der Waals surface area contributed by atoms with E-state index >= 15 is 0 Å². The molecule has 0 radical (unpaired) electrons. The lowest BCUT2D eigenvalue weighted by atomic mass is 10.1. The molecule has 0 aromatic heterocycles. The van der Waals surface area contributed by atoms with Gasteiger partial charge in [0.05, 0.1) is 13.5 Å². The van der Waals surface area contributed by atoms with Gasteiger partial charge in [0.25, 0.3) is 5.91 Å². The van der Waals surface area contributed by atoms with E-state index in [0.717, 1.165) is 0 Å². The summed E-state index contributed by atoms with van der Waals surface area (Å²) in [5.74, 6) is -0.627. The second-order valence-electron chi connectivity index (χ2n) is 5.46. The number of hydrogen-bond donors (Lipinski definition) is 2. The van der Waals surface area contributed by atoms with Crippen molar-refractivity contribution in [2.75, 3.05) is 24.4 Å². The third-order valence-corrected chi connectivity index (χ3v) is 3.36. The Morgan fingerprint density at radius 2 is 1.65 bits per heavy atom. The highest BCUT2D eigenvalue weighted by molar-refractivity contribution is 5.94. The van der Waals surface area contributed by atoms with E-state index in [4.69, 9.17) is 9.47 Å². The number of benzene rings is 2. The van der Waals surface area contributed by atoms with Gasteiger partial charge in [-0.25, -0.2) is 0 Å². The number of methoxy groups -OCH3 is 1. The second-order valence-corrected chi connectivity index (χ2v) is 5.46. The first-order chi connectivity index (χ1) is 12.5. The highest BCUT2D eigenvalue weighted by Gasteiger charge is 2.12. The molecule has 0 aliphatic carbocycles. The molecule has 2 amide bonds. The molecule has 2 aromatic carbocycles. The molecule has 0 aliphatic heterocycles. The molecule has 7 heteroatoms. The van der Waals surface area contributed by atoms with Gasteiger partial charge in [-0.1, -0.05) is 24.3 Å². The lowest BCUT2D eigenvalue weighted by Gasteiger charge is -2.10. The second kappa shape index (κ2) is 9.22. The number of carbonyl (C=O) groups excluding carboxylic acids is 3. The Balaban J connectivity index is 1.84. The molecule has 0 heterocycles. The molecule has 26 heavy (non-hydrogen) atoms. The monoisotopic (exact) mass is 356 g/mol. The van der Waals surface area contributed by atoms with Crippen LogP contribution in [-0.2, 0) is 25.5 Å². The zero-order valence-corrected chi connectivity index (χ0v) is 14.6. The van der Waals surface area contributed by atoms with Crippen molar-refractivity contribution in [1.82, 2.24) is 0 Å². The van der Waals surface area contributed by atoms with E-state index in [1.807, 2.05) is 0 Å². The molecule has 0 saturated heterocycles. The number of esters is 1. The van der Waals surface area contributed by atoms with E-state index in [1.165, 1.54) is 14.0 Å². The van der Waals surface area contributed by atoms with Crippen LogP contribution in [0.25, 0.3) is 0 Å². The number of nitrogens with one attached hydrogen (secondary N) is 2. The summed E-state index contributed by atoms with van der Waals surface area (Å²) in [6.07, 6.45) is 0.00924. The van der Waals surface area contributed by atoms with Gasteiger partial charge in [0.15, 0.2) is 6.61 Å². The summed E-state index contributed by atoms with van der Waals surface area (Å²) in [6.45, 7) is 0.991. The summed E-state index contributed by atoms with van der Waals surface area (Å²) >= 11 is 0. The number of carbonyl (C=O) groups is 3. The average molecular weight is 356 g/mol. The van der Waals surface area contributed by atoms with Crippen LogP contribution in [0.4, 0.5) is 11.4 Å². The Kier molecular flexibility index (Phi) is 6.73. The molecule has 136 valence electrons. The van der Waals surface area contributed by atoms with Crippen LogP contribution in [0.2, 0.25) is 0 Å². The van der Waals surface area contributed by atoms with Gasteiger partial charge in [0.1, 0.15) is 5.75 Å². The SMILES string of the molecule is COc1ccccc1CC(=O)OCC(=O)Nc1cccc(NC(C)=O)c1. The number of ether oxygens (including phenoxy) is 2. The number of hydrogen-bond acceptors (Lipinski definition) is 5. The number of anilines is 2. The van der Waals surface area contributed by atoms with Crippen molar-refractivity contribution in [3.8, 4) is 5.75 Å². The van der Waals surface area contributed by atoms with Gasteiger partial charge in [0, 0.05) is 23.9 Å². The van der Waals surface area contributed by atoms with Crippen LogP contribution < -0.4 is 15.4 Å². The molecule has 0 saturated carbocycles. The van der Waals surface area contributed by atoms with Crippen molar-refractivity contribution in [3.63, 3.8) is 0 Å². The molecule has 0 spiro atoms. The minimum Gasteiger partial charge on any atom is -0.496 e. The van der Waals surface area contributed by atoms with Crippen molar-refractivity contribution in [2.45, 2.75) is 13.3 Å². The zero-order chi connectivity index (χ0) is 18.9. The van der Waals surface area contributed by atoms with Gasteiger partial charge in [0.2, 0.25) is 5.91 Å². The Morgan fingerprint density at radius 1 is 0.962 bits per heavy atom. The summed E-state index contributed by atoms with van der Waals surface area (Å²) in [4.78, 5) is 34.9. The van der Waals surface area contributed by atoms with Crippen molar-refractivity contribution in [1.29, 1.82) is 0 Å². The first-order valence-electron chi connectivity index (χ1n) is 7.93. The maximum absolute atomic E-state index is 11.9. The standard InChI is InChI=1S/C19H20N2O5/c1-13(22)20-15-7-5-8-16(11-15)21-18(23)12-26-19(24)10-14-6-3-4-9-17(14)25-2/h3-9,11H,10,12H2,1-2H3,(H,20,22)(H,21,23). The maximum Gasteiger partial charge on any atom is 0.310 e. The highest BCUT2D eigenvalue weighted by atomic mass is 16.5. The molecule has 0 fully saturated rings. The van der Waals surface area contributed by atoms with E-state index in [1.54, 1.807) is 48.5 Å². The van der Waals surface area contributed by atoms with Crippen LogP contribution in [0.3, 0.4) is 0 Å². The number of amides is 2.